The molecule has 0 radical (unpaired) electrons. The lowest BCUT2D eigenvalue weighted by molar-refractivity contribution is 0.558. The molecule has 2 aliphatic rings. The van der Waals surface area contributed by atoms with Crippen LogP contribution in [0.15, 0.2) is 23.1 Å². The van der Waals surface area contributed by atoms with Gasteiger partial charge in [-0.2, -0.15) is 0 Å². The molecule has 6 heteroatoms. The molecule has 2 N–H and O–H groups in total. The minimum absolute atomic E-state index is 0.241. The van der Waals surface area contributed by atoms with Crippen LogP contribution in [0.5, 0.6) is 0 Å². The van der Waals surface area contributed by atoms with Gasteiger partial charge in [0.1, 0.15) is 0 Å². The summed E-state index contributed by atoms with van der Waals surface area (Å²) in [6.45, 7) is 2.61. The maximum Gasteiger partial charge on any atom is 0.241 e. The van der Waals surface area contributed by atoms with Gasteiger partial charge in [0.25, 0.3) is 0 Å². The van der Waals surface area contributed by atoms with E-state index in [1.165, 1.54) is 12.8 Å². The van der Waals surface area contributed by atoms with Crippen LogP contribution in [-0.4, -0.2) is 20.0 Å². The highest BCUT2D eigenvalue weighted by molar-refractivity contribution is 7.89. The number of benzene rings is 1. The average molecular weight is 315 g/mol. The summed E-state index contributed by atoms with van der Waals surface area (Å²) in [5, 5.41) is 3.87. The van der Waals surface area contributed by atoms with Crippen molar-refractivity contribution in [2.24, 2.45) is 0 Å². The van der Waals surface area contributed by atoms with Crippen molar-refractivity contribution in [3.63, 3.8) is 0 Å². The van der Waals surface area contributed by atoms with E-state index in [9.17, 15) is 8.42 Å². The highest BCUT2D eigenvalue weighted by atomic mass is 35.5. The fraction of sp³-hybridized carbons (Fsp3) is 0.571. The molecule has 0 aliphatic heterocycles. The van der Waals surface area contributed by atoms with Crippen LogP contribution in [0.25, 0.3) is 0 Å². The summed E-state index contributed by atoms with van der Waals surface area (Å²) < 4.78 is 27.2. The number of halogens is 1. The number of hydrogen-bond acceptors (Lipinski definition) is 3. The van der Waals surface area contributed by atoms with Gasteiger partial charge in [0.2, 0.25) is 10.0 Å². The van der Waals surface area contributed by atoms with Crippen LogP contribution in [0.2, 0.25) is 5.02 Å². The van der Waals surface area contributed by atoms with E-state index in [0.717, 1.165) is 18.4 Å². The Morgan fingerprint density at radius 1 is 1.35 bits per heavy atom. The Morgan fingerprint density at radius 3 is 2.60 bits per heavy atom. The quantitative estimate of drug-likeness (QED) is 0.848. The van der Waals surface area contributed by atoms with Crippen molar-refractivity contribution in [1.82, 2.24) is 10.0 Å². The van der Waals surface area contributed by atoms with Crippen LogP contribution in [0.4, 0.5) is 0 Å². The summed E-state index contributed by atoms with van der Waals surface area (Å²) in [6.07, 6.45) is 4.21. The Hall–Kier alpha value is -0.620. The lowest BCUT2D eigenvalue weighted by Crippen LogP contribution is -2.34. The molecule has 0 amide bonds. The molecule has 0 saturated heterocycles. The van der Waals surface area contributed by atoms with Crippen LogP contribution < -0.4 is 10.0 Å². The van der Waals surface area contributed by atoms with Gasteiger partial charge in [-0.25, -0.2) is 13.1 Å². The monoisotopic (exact) mass is 314 g/mol. The lowest BCUT2D eigenvalue weighted by atomic mass is 10.2. The highest BCUT2D eigenvalue weighted by Gasteiger charge is 2.41. The van der Waals surface area contributed by atoms with E-state index in [1.54, 1.807) is 18.2 Å². The number of nitrogens with one attached hydrogen (secondary N) is 2. The smallest absolute Gasteiger partial charge is 0.241 e. The SMILES string of the molecule is CC1(NS(=O)(=O)c2ccc(CNC3CC3)c(Cl)c2)CC1. The number of rotatable bonds is 6. The van der Waals surface area contributed by atoms with Crippen molar-refractivity contribution in [3.05, 3.63) is 28.8 Å². The Kier molecular flexibility index (Phi) is 3.57. The molecule has 0 atom stereocenters. The first-order valence-corrected chi connectivity index (χ1v) is 8.80. The van der Waals surface area contributed by atoms with E-state index in [2.05, 4.69) is 10.0 Å². The molecule has 0 heterocycles. The third-order valence-corrected chi connectivity index (χ3v) is 5.86. The van der Waals surface area contributed by atoms with E-state index < -0.39 is 10.0 Å². The standard InChI is InChI=1S/C14H19ClN2O2S/c1-14(6-7-14)17-20(18,19)12-5-2-10(13(15)8-12)9-16-11-3-4-11/h2,5,8,11,16-17H,3-4,6-7,9H2,1H3. The molecular formula is C14H19ClN2O2S. The van der Waals surface area contributed by atoms with Crippen molar-refractivity contribution in [2.45, 2.75) is 55.6 Å². The van der Waals surface area contributed by atoms with Crippen LogP contribution in [0, 0.1) is 0 Å². The van der Waals surface area contributed by atoms with Gasteiger partial charge in [0.05, 0.1) is 4.90 Å². The minimum atomic E-state index is -3.47. The zero-order chi connectivity index (χ0) is 14.4. The maximum absolute atomic E-state index is 12.2. The summed E-state index contributed by atoms with van der Waals surface area (Å²) in [6, 6.07) is 5.57. The molecule has 0 unspecified atom stereocenters. The first-order valence-electron chi connectivity index (χ1n) is 6.94. The first kappa shape index (κ1) is 14.3. The maximum atomic E-state index is 12.2. The summed E-state index contributed by atoms with van der Waals surface area (Å²) in [5.41, 5.74) is 0.674. The third kappa shape index (κ3) is 3.34. The zero-order valence-corrected chi connectivity index (χ0v) is 13.0. The molecule has 110 valence electrons. The second-order valence-electron chi connectivity index (χ2n) is 6.07. The Labute approximate surface area is 125 Å². The van der Waals surface area contributed by atoms with Crippen LogP contribution in [-0.2, 0) is 16.6 Å². The van der Waals surface area contributed by atoms with Gasteiger partial charge in [0.15, 0.2) is 0 Å². The summed E-state index contributed by atoms with van der Waals surface area (Å²) >= 11 is 6.19. The number of sulfonamides is 1. The molecule has 20 heavy (non-hydrogen) atoms. The van der Waals surface area contributed by atoms with Crippen molar-refractivity contribution >= 4 is 21.6 Å². The Balaban J connectivity index is 1.74. The molecular weight excluding hydrogens is 296 g/mol. The van der Waals surface area contributed by atoms with Crippen molar-refractivity contribution < 1.29 is 8.42 Å². The van der Waals surface area contributed by atoms with Gasteiger partial charge in [-0.1, -0.05) is 17.7 Å². The Morgan fingerprint density at radius 2 is 2.05 bits per heavy atom. The highest BCUT2D eigenvalue weighted by Crippen LogP contribution is 2.36. The van der Waals surface area contributed by atoms with Gasteiger partial charge in [-0.05, 0) is 50.3 Å². The summed E-state index contributed by atoms with van der Waals surface area (Å²) in [5.74, 6) is 0. The molecule has 4 nitrogen and oxygen atoms in total. The molecule has 0 aromatic heterocycles. The minimum Gasteiger partial charge on any atom is -0.310 e. The second kappa shape index (κ2) is 4.98. The molecule has 2 aliphatic carbocycles. The van der Waals surface area contributed by atoms with Crippen LogP contribution in [0.3, 0.4) is 0 Å². The number of hydrogen-bond donors (Lipinski definition) is 2. The lowest BCUT2D eigenvalue weighted by Gasteiger charge is -2.13. The zero-order valence-electron chi connectivity index (χ0n) is 11.4. The van der Waals surface area contributed by atoms with Gasteiger partial charge in [0, 0.05) is 23.1 Å². The van der Waals surface area contributed by atoms with Crippen LogP contribution in [0.1, 0.15) is 38.2 Å². The summed E-state index contributed by atoms with van der Waals surface area (Å²) in [7, 11) is -3.47. The van der Waals surface area contributed by atoms with Gasteiger partial charge in [-0.3, -0.25) is 0 Å². The van der Waals surface area contributed by atoms with E-state index in [-0.39, 0.29) is 10.4 Å². The van der Waals surface area contributed by atoms with E-state index in [1.807, 2.05) is 6.92 Å². The molecule has 1 aromatic carbocycles. The van der Waals surface area contributed by atoms with Crippen LogP contribution >= 0.6 is 11.6 Å². The van der Waals surface area contributed by atoms with E-state index in [0.29, 0.717) is 17.6 Å². The molecule has 3 rings (SSSR count). The Bertz CT molecular complexity index is 622. The summed E-state index contributed by atoms with van der Waals surface area (Å²) in [4.78, 5) is 0.241. The van der Waals surface area contributed by atoms with E-state index in [4.69, 9.17) is 11.6 Å². The van der Waals surface area contributed by atoms with Gasteiger partial charge < -0.3 is 5.32 Å². The third-order valence-electron chi connectivity index (χ3n) is 3.87. The van der Waals surface area contributed by atoms with Crippen molar-refractivity contribution in [2.75, 3.05) is 0 Å². The topological polar surface area (TPSA) is 58.2 Å². The fourth-order valence-electron chi connectivity index (χ4n) is 2.05. The first-order chi connectivity index (χ1) is 9.38. The normalized spacial score (nSPS) is 20.9. The van der Waals surface area contributed by atoms with E-state index >= 15 is 0 Å². The molecule has 0 spiro atoms. The largest absolute Gasteiger partial charge is 0.310 e. The molecule has 0 bridgehead atoms. The fourth-order valence-corrected chi connectivity index (χ4v) is 3.86. The van der Waals surface area contributed by atoms with Crippen molar-refractivity contribution in [1.29, 1.82) is 0 Å². The predicted octanol–water partition coefficient (Wildman–Crippen LogP) is 2.42. The molecule has 1 aromatic rings. The predicted molar refractivity (Wildman–Crippen MR) is 79.3 cm³/mol. The average Bonchev–Trinajstić information content (AvgIpc) is 3.26. The second-order valence-corrected chi connectivity index (χ2v) is 8.16. The van der Waals surface area contributed by atoms with Gasteiger partial charge in [-0.15, -0.1) is 0 Å². The van der Waals surface area contributed by atoms with Crippen molar-refractivity contribution in [3.8, 4) is 0 Å². The van der Waals surface area contributed by atoms with Gasteiger partial charge >= 0.3 is 0 Å². The molecule has 2 fully saturated rings. The molecule has 2 saturated carbocycles.